The second kappa shape index (κ2) is 6.33. The van der Waals surface area contributed by atoms with Crippen molar-refractivity contribution in [2.75, 3.05) is 5.75 Å². The third-order valence-electron chi connectivity index (χ3n) is 2.48. The van der Waals surface area contributed by atoms with Gasteiger partial charge in [0, 0.05) is 12.6 Å². The van der Waals surface area contributed by atoms with Crippen LogP contribution in [0.5, 0.6) is 0 Å². The van der Waals surface area contributed by atoms with Crippen molar-refractivity contribution >= 4 is 17.7 Å². The molecule has 2 rings (SSSR count). The van der Waals surface area contributed by atoms with Gasteiger partial charge < -0.3 is 5.11 Å². The molecule has 0 unspecified atom stereocenters. The van der Waals surface area contributed by atoms with Gasteiger partial charge in [0.1, 0.15) is 5.82 Å². The molecule has 0 aromatic carbocycles. The number of aromatic nitrogens is 4. The summed E-state index contributed by atoms with van der Waals surface area (Å²) in [6.45, 7) is 2.55. The maximum Gasteiger partial charge on any atom is 0.313 e. The van der Waals surface area contributed by atoms with Crippen molar-refractivity contribution in [3.05, 3.63) is 35.9 Å². The van der Waals surface area contributed by atoms with Crippen LogP contribution in [0.3, 0.4) is 0 Å². The number of carboxylic acid groups (broad SMARTS) is 1. The Kier molecular flexibility index (Phi) is 4.51. The Balaban J connectivity index is 2.21. The van der Waals surface area contributed by atoms with Crippen LogP contribution in [-0.2, 0) is 17.8 Å². The summed E-state index contributed by atoms with van der Waals surface area (Å²) < 4.78 is 1.91. The van der Waals surface area contributed by atoms with Gasteiger partial charge in [0.25, 0.3) is 0 Å². The number of carbonyl (C=O) groups is 1. The van der Waals surface area contributed by atoms with Gasteiger partial charge in [-0.3, -0.25) is 14.3 Å². The molecule has 0 saturated heterocycles. The van der Waals surface area contributed by atoms with Crippen LogP contribution in [-0.4, -0.2) is 36.6 Å². The minimum absolute atomic E-state index is 0.0237. The van der Waals surface area contributed by atoms with E-state index in [1.54, 1.807) is 6.20 Å². The van der Waals surface area contributed by atoms with E-state index in [-0.39, 0.29) is 5.75 Å². The zero-order chi connectivity index (χ0) is 13.7. The topological polar surface area (TPSA) is 80.9 Å². The maximum atomic E-state index is 10.6. The van der Waals surface area contributed by atoms with E-state index < -0.39 is 5.97 Å². The molecule has 0 saturated carbocycles. The van der Waals surface area contributed by atoms with Gasteiger partial charge in [0.2, 0.25) is 0 Å². The SMILES string of the molecule is CCc1nnc(SCC(=O)O)n1Cc1ccccn1. The zero-order valence-corrected chi connectivity index (χ0v) is 11.3. The highest BCUT2D eigenvalue weighted by atomic mass is 32.2. The van der Waals surface area contributed by atoms with E-state index in [1.165, 1.54) is 11.8 Å². The lowest BCUT2D eigenvalue weighted by Gasteiger charge is -2.08. The fraction of sp³-hybridized carbons (Fsp3) is 0.333. The Morgan fingerprint density at radius 1 is 1.42 bits per heavy atom. The molecule has 0 aliphatic rings. The monoisotopic (exact) mass is 278 g/mol. The Bertz CT molecular complexity index is 556. The van der Waals surface area contributed by atoms with Crippen LogP contribution in [0.2, 0.25) is 0 Å². The molecule has 0 aliphatic heterocycles. The number of hydrogen-bond acceptors (Lipinski definition) is 5. The van der Waals surface area contributed by atoms with Gasteiger partial charge in [-0.25, -0.2) is 0 Å². The van der Waals surface area contributed by atoms with Crippen molar-refractivity contribution in [3.63, 3.8) is 0 Å². The molecule has 6 nitrogen and oxygen atoms in total. The molecule has 0 radical (unpaired) electrons. The highest BCUT2D eigenvalue weighted by Crippen LogP contribution is 2.18. The fourth-order valence-electron chi connectivity index (χ4n) is 1.63. The summed E-state index contributed by atoms with van der Waals surface area (Å²) in [5.74, 6) is -0.0571. The van der Waals surface area contributed by atoms with Crippen LogP contribution >= 0.6 is 11.8 Å². The molecule has 0 fully saturated rings. The molecule has 2 heterocycles. The summed E-state index contributed by atoms with van der Waals surface area (Å²) in [5, 5.41) is 17.5. The van der Waals surface area contributed by atoms with E-state index in [9.17, 15) is 4.79 Å². The molecule has 1 N–H and O–H groups in total. The summed E-state index contributed by atoms with van der Waals surface area (Å²) >= 11 is 1.17. The Hall–Kier alpha value is -1.89. The van der Waals surface area contributed by atoms with Crippen molar-refractivity contribution in [1.82, 2.24) is 19.7 Å². The Morgan fingerprint density at radius 3 is 2.89 bits per heavy atom. The molecule has 0 aliphatic carbocycles. The van der Waals surface area contributed by atoms with Crippen LogP contribution in [0.25, 0.3) is 0 Å². The molecular formula is C12H14N4O2S. The third-order valence-corrected chi connectivity index (χ3v) is 3.43. The predicted molar refractivity (Wildman–Crippen MR) is 71.1 cm³/mol. The summed E-state index contributed by atoms with van der Waals surface area (Å²) in [4.78, 5) is 14.9. The number of rotatable bonds is 6. The lowest BCUT2D eigenvalue weighted by molar-refractivity contribution is -0.133. The third kappa shape index (κ3) is 3.54. The second-order valence-corrected chi connectivity index (χ2v) is 4.78. The lowest BCUT2D eigenvalue weighted by atomic mass is 10.3. The maximum absolute atomic E-state index is 10.6. The number of carboxylic acids is 1. The fourth-order valence-corrected chi connectivity index (χ4v) is 2.30. The Labute approximate surface area is 114 Å². The Morgan fingerprint density at radius 2 is 2.26 bits per heavy atom. The minimum atomic E-state index is -0.865. The number of aliphatic carboxylic acids is 1. The van der Waals surface area contributed by atoms with E-state index in [1.807, 2.05) is 29.7 Å². The van der Waals surface area contributed by atoms with Crippen molar-refractivity contribution in [2.45, 2.75) is 25.0 Å². The number of aryl methyl sites for hydroxylation is 1. The zero-order valence-electron chi connectivity index (χ0n) is 10.5. The molecule has 2 aromatic heterocycles. The standard InChI is InChI=1S/C12H14N4O2S/c1-2-10-14-15-12(19-8-11(17)18)16(10)7-9-5-3-4-6-13-9/h3-6H,2,7-8H2,1H3,(H,17,18). The first-order valence-electron chi connectivity index (χ1n) is 5.87. The molecule has 0 atom stereocenters. The number of nitrogens with zero attached hydrogens (tertiary/aromatic N) is 4. The van der Waals surface area contributed by atoms with Crippen LogP contribution in [0.4, 0.5) is 0 Å². The molecule has 0 amide bonds. The summed E-state index contributed by atoms with van der Waals surface area (Å²) in [6.07, 6.45) is 2.48. The van der Waals surface area contributed by atoms with E-state index in [4.69, 9.17) is 5.11 Å². The quantitative estimate of drug-likeness (QED) is 0.806. The number of pyridine rings is 1. The van der Waals surface area contributed by atoms with E-state index in [0.717, 1.165) is 17.9 Å². The predicted octanol–water partition coefficient (Wildman–Crippen LogP) is 1.46. The minimum Gasteiger partial charge on any atom is -0.481 e. The van der Waals surface area contributed by atoms with Gasteiger partial charge in [-0.2, -0.15) is 0 Å². The van der Waals surface area contributed by atoms with Crippen molar-refractivity contribution in [3.8, 4) is 0 Å². The van der Waals surface area contributed by atoms with Crippen LogP contribution in [0.1, 0.15) is 18.4 Å². The van der Waals surface area contributed by atoms with Crippen LogP contribution in [0.15, 0.2) is 29.6 Å². The molecule has 2 aromatic rings. The number of hydrogen-bond donors (Lipinski definition) is 1. The summed E-state index contributed by atoms with van der Waals surface area (Å²) in [5.41, 5.74) is 0.897. The molecular weight excluding hydrogens is 264 g/mol. The van der Waals surface area contributed by atoms with E-state index in [0.29, 0.717) is 11.7 Å². The first-order chi connectivity index (χ1) is 9.20. The van der Waals surface area contributed by atoms with Gasteiger partial charge >= 0.3 is 5.97 Å². The highest BCUT2D eigenvalue weighted by Gasteiger charge is 2.13. The molecule has 0 spiro atoms. The van der Waals surface area contributed by atoms with Crippen molar-refractivity contribution < 1.29 is 9.90 Å². The van der Waals surface area contributed by atoms with Crippen molar-refractivity contribution in [1.29, 1.82) is 0 Å². The normalized spacial score (nSPS) is 10.6. The average Bonchev–Trinajstić information content (AvgIpc) is 2.80. The number of thioether (sulfide) groups is 1. The first kappa shape index (κ1) is 13.5. The van der Waals surface area contributed by atoms with E-state index >= 15 is 0 Å². The van der Waals surface area contributed by atoms with Gasteiger partial charge in [0.15, 0.2) is 5.16 Å². The highest BCUT2D eigenvalue weighted by molar-refractivity contribution is 7.99. The summed E-state index contributed by atoms with van der Waals surface area (Å²) in [6, 6.07) is 5.70. The average molecular weight is 278 g/mol. The molecule has 19 heavy (non-hydrogen) atoms. The smallest absolute Gasteiger partial charge is 0.313 e. The first-order valence-corrected chi connectivity index (χ1v) is 6.86. The van der Waals surface area contributed by atoms with Gasteiger partial charge in [0.05, 0.1) is 18.0 Å². The molecule has 100 valence electrons. The second-order valence-electron chi connectivity index (χ2n) is 3.84. The van der Waals surface area contributed by atoms with Crippen LogP contribution in [0, 0.1) is 0 Å². The van der Waals surface area contributed by atoms with Crippen LogP contribution < -0.4 is 0 Å². The van der Waals surface area contributed by atoms with Gasteiger partial charge in [-0.1, -0.05) is 24.8 Å². The largest absolute Gasteiger partial charge is 0.481 e. The summed E-state index contributed by atoms with van der Waals surface area (Å²) in [7, 11) is 0. The molecule has 0 bridgehead atoms. The van der Waals surface area contributed by atoms with Crippen molar-refractivity contribution in [2.24, 2.45) is 0 Å². The van der Waals surface area contributed by atoms with Gasteiger partial charge in [-0.15, -0.1) is 10.2 Å². The van der Waals surface area contributed by atoms with E-state index in [2.05, 4.69) is 15.2 Å². The van der Waals surface area contributed by atoms with Gasteiger partial charge in [-0.05, 0) is 12.1 Å². The lowest BCUT2D eigenvalue weighted by Crippen LogP contribution is -2.08. The molecule has 7 heteroatoms.